The van der Waals surface area contributed by atoms with E-state index < -0.39 is 0 Å². The van der Waals surface area contributed by atoms with E-state index >= 15 is 0 Å². The van der Waals surface area contributed by atoms with Crippen LogP contribution in [0.2, 0.25) is 0 Å². The van der Waals surface area contributed by atoms with Gasteiger partial charge in [-0.25, -0.2) is 0 Å². The van der Waals surface area contributed by atoms with Gasteiger partial charge in [0.25, 0.3) is 0 Å². The van der Waals surface area contributed by atoms with Crippen molar-refractivity contribution in [2.45, 2.75) is 12.8 Å². The van der Waals surface area contributed by atoms with Crippen LogP contribution in [0.15, 0.2) is 72.8 Å². The first kappa shape index (κ1) is 13.8. The topological polar surface area (TPSA) is 26.0 Å². The molecule has 3 aromatic carbocycles. The zero-order valence-corrected chi connectivity index (χ0v) is 13.0. The van der Waals surface area contributed by atoms with E-state index in [0.29, 0.717) is 0 Å². The van der Waals surface area contributed by atoms with Gasteiger partial charge in [0, 0.05) is 5.69 Å². The molecule has 0 atom stereocenters. The minimum Gasteiger partial charge on any atom is -0.399 e. The van der Waals surface area contributed by atoms with E-state index in [9.17, 15) is 0 Å². The van der Waals surface area contributed by atoms with Crippen molar-refractivity contribution in [3.05, 3.63) is 101 Å². The summed E-state index contributed by atoms with van der Waals surface area (Å²) in [6.45, 7) is 0. The molecule has 1 heteroatoms. The molecule has 0 saturated heterocycles. The molecule has 0 radical (unpaired) electrons. The van der Waals surface area contributed by atoms with E-state index in [4.69, 9.17) is 5.73 Å². The Labute approximate surface area is 137 Å². The maximum Gasteiger partial charge on any atom is 0.0314 e. The Kier molecular flexibility index (Phi) is 3.47. The highest BCUT2D eigenvalue weighted by molar-refractivity contribution is 5.94. The highest BCUT2D eigenvalue weighted by Gasteiger charge is 2.17. The van der Waals surface area contributed by atoms with Crippen LogP contribution in [0.4, 0.5) is 5.69 Å². The van der Waals surface area contributed by atoms with Crippen molar-refractivity contribution in [1.82, 2.24) is 0 Å². The lowest BCUT2D eigenvalue weighted by Gasteiger charge is -2.12. The van der Waals surface area contributed by atoms with Crippen LogP contribution >= 0.6 is 0 Å². The highest BCUT2D eigenvalue weighted by Crippen LogP contribution is 2.34. The van der Waals surface area contributed by atoms with Crippen LogP contribution in [0.3, 0.4) is 0 Å². The summed E-state index contributed by atoms with van der Waals surface area (Å²) in [5.41, 5.74) is 14.6. The summed E-state index contributed by atoms with van der Waals surface area (Å²) < 4.78 is 0. The fourth-order valence-electron chi connectivity index (χ4n) is 3.33. The largest absolute Gasteiger partial charge is 0.399 e. The summed E-state index contributed by atoms with van der Waals surface area (Å²) >= 11 is 0. The number of benzene rings is 3. The lowest BCUT2D eigenvalue weighted by molar-refractivity contribution is 0.965. The predicted octanol–water partition coefficient (Wildman–Crippen LogP) is 4.96. The molecule has 4 rings (SSSR count). The molecule has 1 aliphatic carbocycles. The van der Waals surface area contributed by atoms with Crippen LogP contribution in [0.5, 0.6) is 0 Å². The van der Waals surface area contributed by atoms with Gasteiger partial charge in [0.1, 0.15) is 0 Å². The molecule has 0 bridgehead atoms. The first-order chi connectivity index (χ1) is 11.3. The summed E-state index contributed by atoms with van der Waals surface area (Å²) in [6.07, 6.45) is 4.46. The van der Waals surface area contributed by atoms with Crippen LogP contribution < -0.4 is 5.73 Å². The summed E-state index contributed by atoms with van der Waals surface area (Å²) in [7, 11) is 0. The Balaban J connectivity index is 1.94. The van der Waals surface area contributed by atoms with Crippen molar-refractivity contribution in [2.75, 3.05) is 5.73 Å². The van der Waals surface area contributed by atoms with Crippen molar-refractivity contribution in [1.29, 1.82) is 0 Å². The molecular weight excluding hydrogens is 278 g/mol. The average Bonchev–Trinajstić information content (AvgIpc) is 2.75. The van der Waals surface area contributed by atoms with Crippen LogP contribution in [0, 0.1) is 0 Å². The normalized spacial score (nSPS) is 13.0. The monoisotopic (exact) mass is 297 g/mol. The van der Waals surface area contributed by atoms with Crippen molar-refractivity contribution in [3.63, 3.8) is 0 Å². The molecular formula is C22H19N. The molecule has 0 fully saturated rings. The molecule has 0 unspecified atom stereocenters. The average molecular weight is 297 g/mol. The SMILES string of the molecule is Nc1ccc(C=C2c3ccccc3CCc3ccccc32)cc1. The van der Waals surface area contributed by atoms with E-state index in [1.165, 1.54) is 33.4 Å². The minimum absolute atomic E-state index is 0.800. The highest BCUT2D eigenvalue weighted by atomic mass is 14.5. The quantitative estimate of drug-likeness (QED) is 0.631. The fraction of sp³-hybridized carbons (Fsp3) is 0.0909. The number of aryl methyl sites for hydroxylation is 2. The van der Waals surface area contributed by atoms with E-state index in [2.05, 4.69) is 66.7 Å². The Morgan fingerprint density at radius 2 is 1.17 bits per heavy atom. The Hall–Kier alpha value is -2.80. The van der Waals surface area contributed by atoms with Crippen LogP contribution in [0.1, 0.15) is 27.8 Å². The van der Waals surface area contributed by atoms with Crippen molar-refractivity contribution < 1.29 is 0 Å². The van der Waals surface area contributed by atoms with E-state index in [0.717, 1.165) is 18.5 Å². The molecule has 0 amide bonds. The van der Waals surface area contributed by atoms with Crippen LogP contribution in [-0.2, 0) is 12.8 Å². The Morgan fingerprint density at radius 3 is 1.74 bits per heavy atom. The van der Waals surface area contributed by atoms with E-state index in [1.807, 2.05) is 12.1 Å². The maximum atomic E-state index is 5.82. The van der Waals surface area contributed by atoms with Crippen molar-refractivity contribution in [2.24, 2.45) is 0 Å². The number of rotatable bonds is 1. The van der Waals surface area contributed by atoms with Crippen LogP contribution in [0.25, 0.3) is 11.6 Å². The molecule has 23 heavy (non-hydrogen) atoms. The van der Waals surface area contributed by atoms with Gasteiger partial charge in [-0.3, -0.25) is 0 Å². The van der Waals surface area contributed by atoms with Gasteiger partial charge in [-0.1, -0.05) is 60.7 Å². The molecule has 0 heterocycles. The minimum atomic E-state index is 0.800. The third-order valence-electron chi connectivity index (χ3n) is 4.53. The van der Waals surface area contributed by atoms with Gasteiger partial charge in [0.05, 0.1) is 0 Å². The van der Waals surface area contributed by atoms with Gasteiger partial charge in [0.15, 0.2) is 0 Å². The van der Waals surface area contributed by atoms with Crippen LogP contribution in [-0.4, -0.2) is 0 Å². The first-order valence-electron chi connectivity index (χ1n) is 8.05. The second-order valence-electron chi connectivity index (χ2n) is 6.04. The number of hydrogen-bond acceptors (Lipinski definition) is 1. The third-order valence-corrected chi connectivity index (χ3v) is 4.53. The summed E-state index contributed by atoms with van der Waals surface area (Å²) in [6, 6.07) is 25.6. The van der Waals surface area contributed by atoms with Gasteiger partial charge < -0.3 is 5.73 Å². The lowest BCUT2D eigenvalue weighted by atomic mass is 9.92. The summed E-state index contributed by atoms with van der Waals surface area (Å²) in [4.78, 5) is 0. The number of anilines is 1. The summed E-state index contributed by atoms with van der Waals surface area (Å²) in [5.74, 6) is 0. The molecule has 0 aliphatic heterocycles. The van der Waals surface area contributed by atoms with Gasteiger partial charge >= 0.3 is 0 Å². The zero-order chi connectivity index (χ0) is 15.6. The van der Waals surface area contributed by atoms with E-state index in [1.54, 1.807) is 0 Å². The Bertz CT molecular complexity index is 823. The summed E-state index contributed by atoms with van der Waals surface area (Å²) in [5, 5.41) is 0. The fourth-order valence-corrected chi connectivity index (χ4v) is 3.33. The van der Waals surface area contributed by atoms with Gasteiger partial charge in [0.2, 0.25) is 0 Å². The van der Waals surface area contributed by atoms with Crippen molar-refractivity contribution >= 4 is 17.3 Å². The number of hydrogen-bond donors (Lipinski definition) is 1. The number of nitrogens with two attached hydrogens (primary N) is 1. The number of fused-ring (bicyclic) bond motifs is 2. The second kappa shape index (κ2) is 5.77. The zero-order valence-electron chi connectivity index (χ0n) is 13.0. The second-order valence-corrected chi connectivity index (χ2v) is 6.04. The molecule has 0 spiro atoms. The molecule has 2 N–H and O–H groups in total. The Morgan fingerprint density at radius 1 is 0.652 bits per heavy atom. The molecule has 0 aromatic heterocycles. The van der Waals surface area contributed by atoms with Gasteiger partial charge in [-0.15, -0.1) is 0 Å². The standard InChI is InChI=1S/C22H19N/c23-19-13-9-16(10-14-19)15-22-20-7-3-1-5-17(20)11-12-18-6-2-4-8-21(18)22/h1-10,13-15H,11-12,23H2. The molecule has 3 aromatic rings. The first-order valence-corrected chi connectivity index (χ1v) is 8.05. The predicted molar refractivity (Wildman–Crippen MR) is 98.1 cm³/mol. The molecule has 1 aliphatic rings. The molecule has 0 saturated carbocycles. The van der Waals surface area contributed by atoms with Crippen molar-refractivity contribution in [3.8, 4) is 0 Å². The van der Waals surface area contributed by atoms with E-state index in [-0.39, 0.29) is 0 Å². The number of nitrogen functional groups attached to an aromatic ring is 1. The van der Waals surface area contributed by atoms with Gasteiger partial charge in [-0.05, 0) is 64.4 Å². The molecule has 1 nitrogen and oxygen atoms in total. The lowest BCUT2D eigenvalue weighted by Crippen LogP contribution is -1.92. The van der Waals surface area contributed by atoms with Gasteiger partial charge in [-0.2, -0.15) is 0 Å². The third kappa shape index (κ3) is 2.66. The smallest absolute Gasteiger partial charge is 0.0314 e. The molecule has 112 valence electrons. The maximum absolute atomic E-state index is 5.82.